The SMILES string of the molecule is CC(=O)[C@@H]1CCC[C@@]23CCC4C(CC[C@H]5C[C@H](O)CC[C@]45C)C2CC[C@H]13. The van der Waals surface area contributed by atoms with Gasteiger partial charge < -0.3 is 5.11 Å². The monoisotopic (exact) mass is 358 g/mol. The van der Waals surface area contributed by atoms with Crippen molar-refractivity contribution < 1.29 is 9.90 Å². The summed E-state index contributed by atoms with van der Waals surface area (Å²) in [6.07, 6.45) is 15.5. The second kappa shape index (κ2) is 6.06. The fourth-order valence-corrected chi connectivity index (χ4v) is 9.52. The molecule has 5 aliphatic rings. The Kier molecular flexibility index (Phi) is 4.13. The van der Waals surface area contributed by atoms with E-state index in [1.165, 1.54) is 64.2 Å². The first-order valence-electron chi connectivity index (χ1n) is 11.6. The molecule has 0 radical (unpaired) electrons. The van der Waals surface area contributed by atoms with Gasteiger partial charge in [0.1, 0.15) is 5.78 Å². The van der Waals surface area contributed by atoms with Gasteiger partial charge in [0, 0.05) is 5.92 Å². The van der Waals surface area contributed by atoms with E-state index >= 15 is 0 Å². The number of ketones is 1. The minimum Gasteiger partial charge on any atom is -0.393 e. The minimum atomic E-state index is -0.0370. The molecule has 1 N–H and O–H groups in total. The van der Waals surface area contributed by atoms with Gasteiger partial charge in [-0.05, 0) is 118 Å². The average Bonchev–Trinajstić information content (AvgIpc) is 3.02. The molecular weight excluding hydrogens is 320 g/mol. The largest absolute Gasteiger partial charge is 0.393 e. The van der Waals surface area contributed by atoms with Gasteiger partial charge in [0.05, 0.1) is 6.10 Å². The summed E-state index contributed by atoms with van der Waals surface area (Å²) < 4.78 is 0. The van der Waals surface area contributed by atoms with Gasteiger partial charge >= 0.3 is 0 Å². The highest BCUT2D eigenvalue weighted by Crippen LogP contribution is 2.70. The van der Waals surface area contributed by atoms with Gasteiger partial charge in [-0.1, -0.05) is 13.3 Å². The number of hydrogen-bond donors (Lipinski definition) is 1. The quantitative estimate of drug-likeness (QED) is 0.683. The summed E-state index contributed by atoms with van der Waals surface area (Å²) in [4.78, 5) is 12.3. The zero-order chi connectivity index (χ0) is 18.1. The lowest BCUT2D eigenvalue weighted by atomic mass is 9.43. The van der Waals surface area contributed by atoms with Crippen molar-refractivity contribution in [3.05, 3.63) is 0 Å². The highest BCUT2D eigenvalue weighted by Gasteiger charge is 2.63. The van der Waals surface area contributed by atoms with Crippen LogP contribution in [0.2, 0.25) is 0 Å². The molecule has 0 aliphatic heterocycles. The number of Topliss-reactive ketones (excluding diaryl/α,β-unsaturated/α-hetero) is 1. The molecule has 2 nitrogen and oxygen atoms in total. The predicted octanol–water partition coefficient (Wildman–Crippen LogP) is 5.38. The summed E-state index contributed by atoms with van der Waals surface area (Å²) in [6.45, 7) is 4.45. The summed E-state index contributed by atoms with van der Waals surface area (Å²) in [6, 6.07) is 0. The Labute approximate surface area is 159 Å². The summed E-state index contributed by atoms with van der Waals surface area (Å²) >= 11 is 0. The number of aliphatic hydroxyl groups excluding tert-OH is 1. The molecule has 2 heteroatoms. The van der Waals surface area contributed by atoms with Crippen LogP contribution in [0.15, 0.2) is 0 Å². The van der Waals surface area contributed by atoms with Gasteiger partial charge in [0.2, 0.25) is 0 Å². The molecule has 5 aliphatic carbocycles. The average molecular weight is 359 g/mol. The van der Waals surface area contributed by atoms with E-state index in [2.05, 4.69) is 6.92 Å². The Bertz CT molecular complexity index is 585. The first kappa shape index (κ1) is 17.7. The second-order valence-corrected chi connectivity index (χ2v) is 11.2. The number of hydrogen-bond acceptors (Lipinski definition) is 2. The minimum absolute atomic E-state index is 0.0370. The Morgan fingerprint density at radius 2 is 1.69 bits per heavy atom. The van der Waals surface area contributed by atoms with Crippen LogP contribution in [0, 0.1) is 46.3 Å². The van der Waals surface area contributed by atoms with E-state index in [0.717, 1.165) is 36.5 Å². The Morgan fingerprint density at radius 1 is 0.885 bits per heavy atom. The van der Waals surface area contributed by atoms with Crippen LogP contribution in [0.1, 0.15) is 90.9 Å². The molecule has 0 aromatic heterocycles. The zero-order valence-electron chi connectivity index (χ0n) is 16.9. The maximum absolute atomic E-state index is 12.3. The molecule has 0 bridgehead atoms. The van der Waals surface area contributed by atoms with Crippen LogP contribution in [0.5, 0.6) is 0 Å². The number of rotatable bonds is 1. The van der Waals surface area contributed by atoms with E-state index in [9.17, 15) is 9.90 Å². The summed E-state index contributed by atoms with van der Waals surface area (Å²) in [5.41, 5.74) is 1.00. The molecule has 3 unspecified atom stereocenters. The lowest BCUT2D eigenvalue weighted by Gasteiger charge is -2.62. The van der Waals surface area contributed by atoms with Crippen molar-refractivity contribution in [3.8, 4) is 0 Å². The van der Waals surface area contributed by atoms with E-state index in [-0.39, 0.29) is 6.10 Å². The molecule has 1 spiro atoms. The highest BCUT2D eigenvalue weighted by atomic mass is 16.3. The normalized spacial score (nSPS) is 56.0. The second-order valence-electron chi connectivity index (χ2n) is 11.2. The van der Waals surface area contributed by atoms with Crippen molar-refractivity contribution in [3.63, 3.8) is 0 Å². The van der Waals surface area contributed by atoms with Crippen LogP contribution < -0.4 is 0 Å². The maximum atomic E-state index is 12.3. The van der Waals surface area contributed by atoms with Gasteiger partial charge in [-0.25, -0.2) is 0 Å². The number of carbonyl (C=O) groups is 1. The van der Waals surface area contributed by atoms with E-state index in [0.29, 0.717) is 28.4 Å². The van der Waals surface area contributed by atoms with Crippen LogP contribution in [0.3, 0.4) is 0 Å². The number of carbonyl (C=O) groups excluding carboxylic acids is 1. The fourth-order valence-electron chi connectivity index (χ4n) is 9.52. The smallest absolute Gasteiger partial charge is 0.133 e. The summed E-state index contributed by atoms with van der Waals surface area (Å²) in [5, 5.41) is 10.2. The molecule has 0 aromatic rings. The van der Waals surface area contributed by atoms with Gasteiger partial charge in [-0.15, -0.1) is 0 Å². The van der Waals surface area contributed by atoms with E-state index in [1.807, 2.05) is 6.92 Å². The molecule has 5 fully saturated rings. The van der Waals surface area contributed by atoms with Crippen molar-refractivity contribution in [2.24, 2.45) is 46.3 Å². The molecule has 9 atom stereocenters. The van der Waals surface area contributed by atoms with Gasteiger partial charge in [-0.3, -0.25) is 4.79 Å². The number of fused-ring (bicyclic) bond motifs is 4. The molecule has 26 heavy (non-hydrogen) atoms. The Hall–Kier alpha value is -0.370. The van der Waals surface area contributed by atoms with Gasteiger partial charge in [-0.2, -0.15) is 0 Å². The van der Waals surface area contributed by atoms with Crippen molar-refractivity contribution in [2.75, 3.05) is 0 Å². The topological polar surface area (TPSA) is 37.3 Å². The highest BCUT2D eigenvalue weighted by molar-refractivity contribution is 5.78. The van der Waals surface area contributed by atoms with Crippen molar-refractivity contribution in [2.45, 2.75) is 97.0 Å². The third-order valence-electron chi connectivity index (χ3n) is 10.6. The van der Waals surface area contributed by atoms with Crippen LogP contribution in [0.25, 0.3) is 0 Å². The third kappa shape index (κ3) is 2.29. The molecule has 0 aromatic carbocycles. The molecule has 5 saturated carbocycles. The summed E-state index contributed by atoms with van der Waals surface area (Å²) in [5.74, 6) is 5.03. The van der Waals surface area contributed by atoms with Crippen LogP contribution in [-0.2, 0) is 4.79 Å². The number of aliphatic hydroxyl groups is 1. The zero-order valence-corrected chi connectivity index (χ0v) is 16.9. The van der Waals surface area contributed by atoms with Gasteiger partial charge in [0.25, 0.3) is 0 Å². The van der Waals surface area contributed by atoms with Crippen LogP contribution in [-0.4, -0.2) is 17.0 Å². The van der Waals surface area contributed by atoms with Crippen LogP contribution in [0.4, 0.5) is 0 Å². The Balaban J connectivity index is 1.44. The van der Waals surface area contributed by atoms with Crippen LogP contribution >= 0.6 is 0 Å². The van der Waals surface area contributed by atoms with E-state index in [4.69, 9.17) is 0 Å². The van der Waals surface area contributed by atoms with E-state index < -0.39 is 0 Å². The predicted molar refractivity (Wildman–Crippen MR) is 104 cm³/mol. The molecule has 0 amide bonds. The fraction of sp³-hybridized carbons (Fsp3) is 0.958. The third-order valence-corrected chi connectivity index (χ3v) is 10.6. The standard InChI is InChI=1S/C24H38O2/c1-15(25)18-4-3-11-24-13-10-20-19(22(24)8-7-21(18)24)6-5-16-14-17(26)9-12-23(16,20)2/h16-22,26H,3-14H2,1-2H3/t16-,17+,18-,19?,20?,21+,22?,23-,24-/m0/s1. The molecule has 146 valence electrons. The van der Waals surface area contributed by atoms with E-state index in [1.54, 1.807) is 0 Å². The lowest BCUT2D eigenvalue weighted by Crippen LogP contribution is -2.55. The van der Waals surface area contributed by atoms with Crippen molar-refractivity contribution in [1.82, 2.24) is 0 Å². The lowest BCUT2D eigenvalue weighted by molar-refractivity contribution is -0.147. The molecule has 0 saturated heterocycles. The molecule has 0 heterocycles. The first-order valence-corrected chi connectivity index (χ1v) is 11.6. The van der Waals surface area contributed by atoms with Gasteiger partial charge in [0.15, 0.2) is 0 Å². The molecular formula is C24H38O2. The first-order chi connectivity index (χ1) is 12.5. The Morgan fingerprint density at radius 3 is 2.50 bits per heavy atom. The molecule has 5 rings (SSSR count). The maximum Gasteiger partial charge on any atom is 0.133 e. The van der Waals surface area contributed by atoms with Crippen molar-refractivity contribution >= 4 is 5.78 Å². The summed E-state index contributed by atoms with van der Waals surface area (Å²) in [7, 11) is 0. The van der Waals surface area contributed by atoms with Crippen molar-refractivity contribution in [1.29, 1.82) is 0 Å².